The van der Waals surface area contributed by atoms with Gasteiger partial charge in [0, 0.05) is 6.54 Å². The van der Waals surface area contributed by atoms with E-state index in [4.69, 9.17) is 10.2 Å². The van der Waals surface area contributed by atoms with Crippen LogP contribution in [0.5, 0.6) is 0 Å². The van der Waals surface area contributed by atoms with Crippen molar-refractivity contribution in [1.82, 2.24) is 5.32 Å². The average molecular weight is 236 g/mol. The van der Waals surface area contributed by atoms with Gasteiger partial charge in [0.25, 0.3) is 5.91 Å². The molecular weight excluding hydrogens is 224 g/mol. The number of hydrogen-bond donors (Lipinski definition) is 2. The van der Waals surface area contributed by atoms with Gasteiger partial charge in [0.15, 0.2) is 5.76 Å². The Morgan fingerprint density at radius 2 is 2.31 bits per heavy atom. The topological polar surface area (TPSA) is 68.3 Å². The molecule has 0 radical (unpaired) electrons. The molecule has 0 fully saturated rings. The van der Waals surface area contributed by atoms with Crippen molar-refractivity contribution in [3.8, 4) is 0 Å². The molecule has 2 heterocycles. The van der Waals surface area contributed by atoms with Crippen molar-refractivity contribution in [2.75, 3.05) is 0 Å². The van der Waals surface area contributed by atoms with Gasteiger partial charge in [-0.05, 0) is 34.5 Å². The molecule has 0 aliphatic heterocycles. The van der Waals surface area contributed by atoms with Crippen LogP contribution in [0.4, 0.5) is 0 Å². The summed E-state index contributed by atoms with van der Waals surface area (Å²) in [5.41, 5.74) is 6.48. The zero-order chi connectivity index (χ0) is 11.4. The highest BCUT2D eigenvalue weighted by Crippen LogP contribution is 2.08. The molecule has 16 heavy (non-hydrogen) atoms. The fraction of sp³-hybridized carbons (Fsp3) is 0.182. The normalized spacial score (nSPS) is 10.3. The lowest BCUT2D eigenvalue weighted by molar-refractivity contribution is 0.0921. The molecule has 0 aromatic carbocycles. The van der Waals surface area contributed by atoms with Crippen LogP contribution in [0.1, 0.15) is 21.9 Å². The van der Waals surface area contributed by atoms with E-state index in [0.29, 0.717) is 24.6 Å². The quantitative estimate of drug-likeness (QED) is 0.849. The van der Waals surface area contributed by atoms with E-state index in [9.17, 15) is 4.79 Å². The number of carbonyl (C=O) groups excluding carboxylic acids is 1. The predicted octanol–water partition coefficient (Wildman–Crippen LogP) is 1.73. The van der Waals surface area contributed by atoms with Crippen LogP contribution >= 0.6 is 11.3 Å². The number of rotatable bonds is 4. The van der Waals surface area contributed by atoms with Gasteiger partial charge in [-0.3, -0.25) is 4.79 Å². The number of hydrogen-bond acceptors (Lipinski definition) is 4. The molecule has 0 saturated heterocycles. The molecule has 0 unspecified atom stereocenters. The van der Waals surface area contributed by atoms with Crippen molar-refractivity contribution in [3.05, 3.63) is 46.0 Å². The van der Waals surface area contributed by atoms with Crippen LogP contribution in [0.15, 0.2) is 33.4 Å². The Bertz CT molecular complexity index is 462. The van der Waals surface area contributed by atoms with E-state index >= 15 is 0 Å². The molecule has 5 heteroatoms. The third-order valence-electron chi connectivity index (χ3n) is 2.12. The van der Waals surface area contributed by atoms with Gasteiger partial charge in [-0.1, -0.05) is 0 Å². The third kappa shape index (κ3) is 2.50. The molecule has 2 aromatic heterocycles. The monoisotopic (exact) mass is 236 g/mol. The SMILES string of the molecule is NCc1ccc(C(=O)NCc2ccsc2)o1. The van der Waals surface area contributed by atoms with E-state index in [1.54, 1.807) is 23.5 Å². The minimum atomic E-state index is -0.217. The summed E-state index contributed by atoms with van der Waals surface area (Å²) in [5, 5.41) is 6.74. The first-order valence-electron chi connectivity index (χ1n) is 4.87. The van der Waals surface area contributed by atoms with Crippen molar-refractivity contribution < 1.29 is 9.21 Å². The van der Waals surface area contributed by atoms with Crippen molar-refractivity contribution >= 4 is 17.2 Å². The van der Waals surface area contributed by atoms with Gasteiger partial charge in [-0.25, -0.2) is 0 Å². The van der Waals surface area contributed by atoms with Crippen LogP contribution in [-0.2, 0) is 13.1 Å². The zero-order valence-corrected chi connectivity index (χ0v) is 9.42. The first-order valence-corrected chi connectivity index (χ1v) is 5.82. The summed E-state index contributed by atoms with van der Waals surface area (Å²) >= 11 is 1.60. The van der Waals surface area contributed by atoms with Crippen molar-refractivity contribution in [3.63, 3.8) is 0 Å². The van der Waals surface area contributed by atoms with E-state index in [-0.39, 0.29) is 5.91 Å². The summed E-state index contributed by atoms with van der Waals surface area (Å²) in [7, 11) is 0. The molecule has 3 N–H and O–H groups in total. The summed E-state index contributed by atoms with van der Waals surface area (Å²) in [4.78, 5) is 11.6. The molecular formula is C11H12N2O2S. The molecule has 0 saturated carbocycles. The third-order valence-corrected chi connectivity index (χ3v) is 2.85. The van der Waals surface area contributed by atoms with Gasteiger partial charge < -0.3 is 15.5 Å². The summed E-state index contributed by atoms with van der Waals surface area (Å²) in [5.74, 6) is 0.697. The first kappa shape index (κ1) is 10.9. The lowest BCUT2D eigenvalue weighted by Gasteiger charge is -2.00. The smallest absolute Gasteiger partial charge is 0.287 e. The number of amides is 1. The fourth-order valence-corrected chi connectivity index (χ4v) is 1.94. The molecule has 0 spiro atoms. The Balaban J connectivity index is 1.93. The van der Waals surface area contributed by atoms with Crippen molar-refractivity contribution in [2.24, 2.45) is 5.73 Å². The highest BCUT2D eigenvalue weighted by Gasteiger charge is 2.09. The summed E-state index contributed by atoms with van der Waals surface area (Å²) < 4.78 is 5.23. The lowest BCUT2D eigenvalue weighted by atomic mass is 10.3. The van der Waals surface area contributed by atoms with E-state index in [1.165, 1.54) is 0 Å². The van der Waals surface area contributed by atoms with Crippen molar-refractivity contribution in [2.45, 2.75) is 13.1 Å². The maximum absolute atomic E-state index is 11.6. The second kappa shape index (κ2) is 4.96. The second-order valence-electron chi connectivity index (χ2n) is 3.28. The van der Waals surface area contributed by atoms with Crippen LogP contribution in [-0.4, -0.2) is 5.91 Å². The average Bonchev–Trinajstić information content (AvgIpc) is 2.96. The van der Waals surface area contributed by atoms with Crippen LogP contribution in [0.3, 0.4) is 0 Å². The second-order valence-corrected chi connectivity index (χ2v) is 4.06. The predicted molar refractivity (Wildman–Crippen MR) is 62.1 cm³/mol. The molecule has 2 aromatic rings. The number of nitrogens with two attached hydrogens (primary N) is 1. The molecule has 84 valence electrons. The van der Waals surface area contributed by atoms with E-state index < -0.39 is 0 Å². The highest BCUT2D eigenvalue weighted by molar-refractivity contribution is 7.07. The van der Waals surface area contributed by atoms with Crippen LogP contribution in [0, 0.1) is 0 Å². The Morgan fingerprint density at radius 1 is 1.44 bits per heavy atom. The number of furan rings is 1. The zero-order valence-electron chi connectivity index (χ0n) is 8.60. The fourth-order valence-electron chi connectivity index (χ4n) is 1.27. The Labute approximate surface area is 97.1 Å². The lowest BCUT2D eigenvalue weighted by Crippen LogP contribution is -2.21. The molecule has 1 amide bonds. The van der Waals surface area contributed by atoms with Gasteiger partial charge in [-0.15, -0.1) is 0 Å². The number of carbonyl (C=O) groups is 1. The van der Waals surface area contributed by atoms with Crippen LogP contribution in [0.25, 0.3) is 0 Å². The largest absolute Gasteiger partial charge is 0.455 e. The Morgan fingerprint density at radius 3 is 2.94 bits per heavy atom. The van der Waals surface area contributed by atoms with Crippen LogP contribution < -0.4 is 11.1 Å². The maximum Gasteiger partial charge on any atom is 0.287 e. The van der Waals surface area contributed by atoms with Gasteiger partial charge in [0.05, 0.1) is 6.54 Å². The molecule has 2 rings (SSSR count). The Kier molecular flexibility index (Phi) is 3.38. The summed E-state index contributed by atoms with van der Waals surface area (Å²) in [6.07, 6.45) is 0. The highest BCUT2D eigenvalue weighted by atomic mass is 32.1. The molecule has 0 atom stereocenters. The summed E-state index contributed by atoms with van der Waals surface area (Å²) in [6, 6.07) is 5.31. The van der Waals surface area contributed by atoms with E-state index in [1.807, 2.05) is 16.8 Å². The summed E-state index contributed by atoms with van der Waals surface area (Å²) in [6.45, 7) is 0.818. The molecule has 0 bridgehead atoms. The minimum absolute atomic E-state index is 0.217. The van der Waals surface area contributed by atoms with Crippen LogP contribution in [0.2, 0.25) is 0 Å². The Hall–Kier alpha value is -1.59. The standard InChI is InChI=1S/C11H12N2O2S/c12-5-9-1-2-10(15-9)11(14)13-6-8-3-4-16-7-8/h1-4,7H,5-6,12H2,(H,13,14). The van der Waals surface area contributed by atoms with Gasteiger partial charge in [0.2, 0.25) is 0 Å². The van der Waals surface area contributed by atoms with E-state index in [2.05, 4.69) is 5.32 Å². The number of thiophene rings is 1. The van der Waals surface area contributed by atoms with E-state index in [0.717, 1.165) is 5.56 Å². The molecule has 4 nitrogen and oxygen atoms in total. The van der Waals surface area contributed by atoms with Gasteiger partial charge >= 0.3 is 0 Å². The maximum atomic E-state index is 11.6. The molecule has 0 aliphatic carbocycles. The van der Waals surface area contributed by atoms with Crippen molar-refractivity contribution in [1.29, 1.82) is 0 Å². The van der Waals surface area contributed by atoms with Gasteiger partial charge in [-0.2, -0.15) is 11.3 Å². The first-order chi connectivity index (χ1) is 7.79. The molecule has 0 aliphatic rings. The van der Waals surface area contributed by atoms with Gasteiger partial charge in [0.1, 0.15) is 5.76 Å². The number of nitrogens with one attached hydrogen (secondary N) is 1. The minimum Gasteiger partial charge on any atom is -0.455 e.